The van der Waals surface area contributed by atoms with Crippen molar-refractivity contribution in [2.75, 3.05) is 0 Å². The lowest BCUT2D eigenvalue weighted by molar-refractivity contribution is 0.669. The van der Waals surface area contributed by atoms with E-state index in [0.717, 1.165) is 77.2 Å². The number of fused-ring (bicyclic) bond motifs is 4. The first-order valence-electron chi connectivity index (χ1n) is 18.2. The highest BCUT2D eigenvalue weighted by Gasteiger charge is 2.18. The first-order valence-corrected chi connectivity index (χ1v) is 18.2. The van der Waals surface area contributed by atoms with E-state index in [9.17, 15) is 5.26 Å². The molecule has 0 radical (unpaired) electrons. The largest absolute Gasteiger partial charge is 0.456 e. The zero-order valence-corrected chi connectivity index (χ0v) is 29.5. The maximum atomic E-state index is 9.82. The van der Waals surface area contributed by atoms with E-state index in [1.54, 1.807) is 0 Å². The minimum atomic E-state index is 0.536. The summed E-state index contributed by atoms with van der Waals surface area (Å²) in [6.45, 7) is 0. The molecule has 0 fully saturated rings. The fraction of sp³-hybridized carbons (Fsp3) is 0. The van der Waals surface area contributed by atoms with Crippen LogP contribution in [0.1, 0.15) is 5.56 Å². The molecule has 0 aliphatic rings. The Balaban J connectivity index is 1.12. The maximum absolute atomic E-state index is 9.82. The maximum Gasteiger partial charge on any atom is 0.164 e. The Morgan fingerprint density at radius 1 is 0.382 bits per heavy atom. The van der Waals surface area contributed by atoms with Crippen molar-refractivity contribution in [2.45, 2.75) is 0 Å². The van der Waals surface area contributed by atoms with E-state index in [4.69, 9.17) is 19.4 Å². The minimum Gasteiger partial charge on any atom is -0.456 e. The number of nitriles is 1. The summed E-state index contributed by atoms with van der Waals surface area (Å²) in [6, 6.07) is 64.1. The Morgan fingerprint density at radius 3 is 1.75 bits per heavy atom. The third kappa shape index (κ3) is 5.89. The topological polar surface area (TPSA) is 75.6 Å². The van der Waals surface area contributed by atoms with Crippen molar-refractivity contribution < 1.29 is 4.42 Å². The van der Waals surface area contributed by atoms with Crippen molar-refractivity contribution in [1.82, 2.24) is 15.0 Å². The fourth-order valence-corrected chi connectivity index (χ4v) is 7.45. The summed E-state index contributed by atoms with van der Waals surface area (Å²) in [7, 11) is 0. The smallest absolute Gasteiger partial charge is 0.164 e. The van der Waals surface area contributed by atoms with Gasteiger partial charge in [0.15, 0.2) is 17.5 Å². The lowest BCUT2D eigenvalue weighted by Gasteiger charge is -2.11. The van der Waals surface area contributed by atoms with Crippen LogP contribution in [0, 0.1) is 11.3 Å². The van der Waals surface area contributed by atoms with Crippen LogP contribution >= 0.6 is 0 Å². The minimum absolute atomic E-state index is 0.536. The van der Waals surface area contributed by atoms with Crippen LogP contribution < -0.4 is 0 Å². The van der Waals surface area contributed by atoms with Gasteiger partial charge in [0, 0.05) is 27.5 Å². The van der Waals surface area contributed by atoms with Crippen molar-refractivity contribution in [2.24, 2.45) is 0 Å². The second-order valence-electron chi connectivity index (χ2n) is 13.5. The van der Waals surface area contributed by atoms with E-state index < -0.39 is 0 Å². The molecule has 0 atom stereocenters. The molecule has 5 heteroatoms. The van der Waals surface area contributed by atoms with Gasteiger partial charge in [0.25, 0.3) is 0 Å². The lowest BCUT2D eigenvalue weighted by Crippen LogP contribution is -2.00. The van der Waals surface area contributed by atoms with E-state index in [-0.39, 0.29) is 0 Å². The third-order valence-electron chi connectivity index (χ3n) is 10.2. The molecular weight excluding hydrogens is 673 g/mol. The molecule has 0 saturated carbocycles. The van der Waals surface area contributed by atoms with Crippen LogP contribution in [0.25, 0.3) is 100 Å². The Kier molecular flexibility index (Phi) is 7.79. The van der Waals surface area contributed by atoms with Gasteiger partial charge < -0.3 is 4.42 Å². The van der Waals surface area contributed by atoms with Gasteiger partial charge in [-0.25, -0.2) is 15.0 Å². The number of benzene rings is 8. The Morgan fingerprint density at radius 2 is 0.945 bits per heavy atom. The molecule has 0 unspecified atom stereocenters. The zero-order chi connectivity index (χ0) is 36.7. The van der Waals surface area contributed by atoms with Crippen LogP contribution in [0.4, 0.5) is 0 Å². The van der Waals surface area contributed by atoms with Crippen LogP contribution in [-0.4, -0.2) is 15.0 Å². The Hall–Kier alpha value is -7.68. The highest BCUT2D eigenvalue weighted by molar-refractivity contribution is 6.13. The number of furan rings is 1. The number of aromatic nitrogens is 3. The van der Waals surface area contributed by atoms with Gasteiger partial charge in [0.2, 0.25) is 0 Å². The molecule has 8 aromatic carbocycles. The summed E-state index contributed by atoms with van der Waals surface area (Å²) in [4.78, 5) is 15.2. The second kappa shape index (κ2) is 13.4. The lowest BCUT2D eigenvalue weighted by atomic mass is 9.96. The van der Waals surface area contributed by atoms with Gasteiger partial charge in [-0.3, -0.25) is 0 Å². The zero-order valence-electron chi connectivity index (χ0n) is 29.5. The predicted molar refractivity (Wildman–Crippen MR) is 222 cm³/mol. The summed E-state index contributed by atoms with van der Waals surface area (Å²) >= 11 is 0. The monoisotopic (exact) mass is 702 g/mol. The molecule has 0 aliphatic carbocycles. The molecule has 0 saturated heterocycles. The third-order valence-corrected chi connectivity index (χ3v) is 10.2. The van der Waals surface area contributed by atoms with Crippen molar-refractivity contribution in [3.8, 4) is 73.6 Å². The molecule has 10 rings (SSSR count). The van der Waals surface area contributed by atoms with Crippen molar-refractivity contribution in [3.63, 3.8) is 0 Å². The van der Waals surface area contributed by atoms with E-state index in [1.165, 1.54) is 5.56 Å². The summed E-state index contributed by atoms with van der Waals surface area (Å²) in [6.07, 6.45) is 0. The average Bonchev–Trinajstić information content (AvgIpc) is 3.65. The Bertz CT molecular complexity index is 3120. The molecule has 2 aromatic heterocycles. The molecule has 10 aromatic rings. The molecule has 0 aliphatic heterocycles. The number of rotatable bonds is 6. The fourth-order valence-electron chi connectivity index (χ4n) is 7.45. The van der Waals surface area contributed by atoms with E-state index in [1.807, 2.05) is 84.9 Å². The first kappa shape index (κ1) is 32.0. The molecule has 256 valence electrons. The predicted octanol–water partition coefficient (Wildman–Crippen LogP) is 12.8. The molecule has 0 amide bonds. The van der Waals surface area contributed by atoms with Gasteiger partial charge in [-0.1, -0.05) is 140 Å². The van der Waals surface area contributed by atoms with Gasteiger partial charge in [-0.2, -0.15) is 5.26 Å². The molecule has 5 nitrogen and oxygen atoms in total. The number of hydrogen-bond acceptors (Lipinski definition) is 5. The first-order chi connectivity index (χ1) is 27.2. The van der Waals surface area contributed by atoms with Crippen LogP contribution in [0.3, 0.4) is 0 Å². The van der Waals surface area contributed by atoms with Crippen molar-refractivity contribution in [3.05, 3.63) is 188 Å². The van der Waals surface area contributed by atoms with Crippen LogP contribution in [0.5, 0.6) is 0 Å². The normalized spacial score (nSPS) is 11.3. The van der Waals surface area contributed by atoms with Crippen LogP contribution in [0.2, 0.25) is 0 Å². The molecule has 0 N–H and O–H groups in total. The second-order valence-corrected chi connectivity index (χ2v) is 13.5. The molecule has 0 bridgehead atoms. The summed E-state index contributed by atoms with van der Waals surface area (Å²) < 4.78 is 6.56. The van der Waals surface area contributed by atoms with E-state index in [0.29, 0.717) is 23.0 Å². The van der Waals surface area contributed by atoms with E-state index >= 15 is 0 Å². The average molecular weight is 703 g/mol. The highest BCUT2D eigenvalue weighted by Crippen LogP contribution is 2.39. The Labute approximate surface area is 317 Å². The van der Waals surface area contributed by atoms with Gasteiger partial charge in [-0.15, -0.1) is 0 Å². The summed E-state index contributed by atoms with van der Waals surface area (Å²) in [5.74, 6) is 1.64. The van der Waals surface area contributed by atoms with Crippen LogP contribution in [0.15, 0.2) is 186 Å². The van der Waals surface area contributed by atoms with Crippen molar-refractivity contribution >= 4 is 32.7 Å². The van der Waals surface area contributed by atoms with E-state index in [2.05, 4.69) is 103 Å². The van der Waals surface area contributed by atoms with Gasteiger partial charge >= 0.3 is 0 Å². The SMILES string of the molecule is N#Cc1ccccc1-c1cccc(-c2nc(-c3ccc4ccccc4c3)nc(-c3ccc4c(c3)oc3cccc(-c5cccc(-c6ccccc6)c5)c34)n2)c1. The molecule has 2 heterocycles. The van der Waals surface area contributed by atoms with Gasteiger partial charge in [0.1, 0.15) is 11.2 Å². The number of nitrogens with zero attached hydrogens (tertiary/aromatic N) is 4. The molecule has 55 heavy (non-hydrogen) atoms. The van der Waals surface area contributed by atoms with Crippen molar-refractivity contribution in [1.29, 1.82) is 5.26 Å². The highest BCUT2D eigenvalue weighted by atomic mass is 16.3. The summed E-state index contributed by atoms with van der Waals surface area (Å²) in [5.41, 5.74) is 11.1. The quantitative estimate of drug-likeness (QED) is 0.172. The standard InChI is InChI=1S/C50H30N4O/c51-31-41-15-6-7-20-42(41)36-17-9-19-38(29-36)48-52-49(39-24-23-33-13-4-5-14-34(33)28-39)54-50(53-48)40-25-26-44-46(30-40)55-45-22-10-21-43(47(44)45)37-18-8-16-35(27-37)32-11-2-1-3-12-32/h1-30H. The van der Waals surface area contributed by atoms with Crippen LogP contribution in [-0.2, 0) is 0 Å². The molecular formula is C50H30N4O. The molecule has 0 spiro atoms. The van der Waals surface area contributed by atoms with Gasteiger partial charge in [-0.05, 0) is 86.6 Å². The number of hydrogen-bond donors (Lipinski definition) is 0. The summed E-state index contributed by atoms with van der Waals surface area (Å²) in [5, 5.41) is 14.2. The van der Waals surface area contributed by atoms with Gasteiger partial charge in [0.05, 0.1) is 11.6 Å².